The topological polar surface area (TPSA) is 105 Å². The summed E-state index contributed by atoms with van der Waals surface area (Å²) in [5.74, 6) is 0. The number of hydrogen-bond donors (Lipinski definition) is 1. The molecule has 0 spiro atoms. The third kappa shape index (κ3) is 4.82. The molecular weight excluding hydrogens is 392 g/mol. The van der Waals surface area contributed by atoms with E-state index in [0.717, 1.165) is 6.07 Å². The van der Waals surface area contributed by atoms with Crippen LogP contribution >= 0.6 is 11.6 Å². The van der Waals surface area contributed by atoms with E-state index < -0.39 is 14.9 Å². The molecule has 0 atom stereocenters. The van der Waals surface area contributed by atoms with Crippen molar-refractivity contribution < 1.29 is 13.3 Å². The lowest BCUT2D eigenvalue weighted by Crippen LogP contribution is -2.30. The van der Waals surface area contributed by atoms with E-state index >= 15 is 0 Å². The summed E-state index contributed by atoms with van der Waals surface area (Å²) >= 11 is 6.02. The number of sulfonamides is 1. The molecule has 0 bridgehead atoms. The number of nitro groups is 1. The number of nitrogens with zero attached hydrogens (tertiary/aromatic N) is 3. The maximum Gasteiger partial charge on any atom is 0.295 e. The van der Waals surface area contributed by atoms with Crippen LogP contribution in [0, 0.1) is 10.1 Å². The average Bonchev–Trinajstić information content (AvgIpc) is 2.64. The van der Waals surface area contributed by atoms with Gasteiger partial charge in [-0.05, 0) is 18.2 Å². The highest BCUT2D eigenvalue weighted by Crippen LogP contribution is 2.29. The van der Waals surface area contributed by atoms with Crippen molar-refractivity contribution in [3.05, 3.63) is 63.2 Å². The van der Waals surface area contributed by atoms with Gasteiger partial charge in [-0.15, -0.1) is 0 Å². The predicted molar refractivity (Wildman–Crippen MR) is 106 cm³/mol. The number of halogens is 1. The smallest absolute Gasteiger partial charge is 0.272 e. The lowest BCUT2D eigenvalue weighted by atomic mass is 10.2. The van der Waals surface area contributed by atoms with E-state index in [1.54, 1.807) is 38.1 Å². The lowest BCUT2D eigenvalue weighted by Gasteiger charge is -2.18. The molecule has 144 valence electrons. The zero-order chi connectivity index (χ0) is 20.0. The molecule has 2 rings (SSSR count). The Morgan fingerprint density at radius 1 is 1.22 bits per heavy atom. The minimum Gasteiger partial charge on any atom is -0.272 e. The molecule has 0 aromatic heterocycles. The molecule has 2 aromatic rings. The predicted octanol–water partition coefficient (Wildman–Crippen LogP) is 3.72. The van der Waals surface area contributed by atoms with Crippen molar-refractivity contribution in [3.8, 4) is 0 Å². The summed E-state index contributed by atoms with van der Waals surface area (Å²) in [6, 6.07) is 10.6. The van der Waals surface area contributed by atoms with Gasteiger partial charge >= 0.3 is 0 Å². The van der Waals surface area contributed by atoms with Crippen LogP contribution in [0.15, 0.2) is 52.5 Å². The Morgan fingerprint density at radius 3 is 2.48 bits per heavy atom. The van der Waals surface area contributed by atoms with Gasteiger partial charge in [0, 0.05) is 29.7 Å². The third-order valence-electron chi connectivity index (χ3n) is 3.80. The van der Waals surface area contributed by atoms with Gasteiger partial charge < -0.3 is 0 Å². The van der Waals surface area contributed by atoms with Crippen LogP contribution in [0.2, 0.25) is 5.02 Å². The van der Waals surface area contributed by atoms with E-state index in [1.807, 2.05) is 0 Å². The van der Waals surface area contributed by atoms with Crippen LogP contribution in [0.4, 0.5) is 11.4 Å². The van der Waals surface area contributed by atoms with Gasteiger partial charge in [0.15, 0.2) is 0 Å². The highest BCUT2D eigenvalue weighted by molar-refractivity contribution is 7.89. The van der Waals surface area contributed by atoms with Crippen molar-refractivity contribution in [3.63, 3.8) is 0 Å². The average molecular weight is 411 g/mol. The van der Waals surface area contributed by atoms with E-state index in [2.05, 4.69) is 10.5 Å². The molecule has 0 saturated heterocycles. The SMILES string of the molecule is CCN(CC)S(=O)(=O)c1ccc(NN=Cc2ccccc2Cl)c([N+](=O)[O-])c1. The number of nitro benzene ring substituents is 1. The summed E-state index contributed by atoms with van der Waals surface area (Å²) in [4.78, 5) is 10.6. The number of rotatable bonds is 8. The zero-order valence-electron chi connectivity index (χ0n) is 14.8. The summed E-state index contributed by atoms with van der Waals surface area (Å²) in [7, 11) is -3.80. The van der Waals surface area contributed by atoms with Crippen LogP contribution < -0.4 is 5.43 Å². The molecule has 0 aliphatic carbocycles. The molecule has 0 fully saturated rings. The molecular formula is C17H19ClN4O4S. The highest BCUT2D eigenvalue weighted by atomic mass is 35.5. The molecule has 0 radical (unpaired) electrons. The fourth-order valence-corrected chi connectivity index (χ4v) is 4.04. The quantitative estimate of drug-likeness (QED) is 0.405. The number of benzene rings is 2. The maximum absolute atomic E-state index is 12.6. The van der Waals surface area contributed by atoms with Crippen molar-refractivity contribution in [2.75, 3.05) is 18.5 Å². The fraction of sp³-hybridized carbons (Fsp3) is 0.235. The first-order valence-corrected chi connectivity index (χ1v) is 9.95. The number of anilines is 1. The molecule has 0 aliphatic rings. The van der Waals surface area contributed by atoms with Crippen LogP contribution in [0.3, 0.4) is 0 Å². The Labute approximate surface area is 162 Å². The van der Waals surface area contributed by atoms with E-state index in [-0.39, 0.29) is 29.4 Å². The Morgan fingerprint density at radius 2 is 1.89 bits per heavy atom. The van der Waals surface area contributed by atoms with Crippen molar-refractivity contribution >= 4 is 39.2 Å². The standard InChI is InChI=1S/C17H19ClN4O4S/c1-3-21(4-2)27(25,26)14-9-10-16(17(11-14)22(23)24)20-19-12-13-7-5-6-8-15(13)18/h5-12,20H,3-4H2,1-2H3. The fourth-order valence-electron chi connectivity index (χ4n) is 2.38. The number of hydrazone groups is 1. The van der Waals surface area contributed by atoms with Gasteiger partial charge in [0.05, 0.1) is 16.0 Å². The number of hydrogen-bond acceptors (Lipinski definition) is 6. The van der Waals surface area contributed by atoms with Gasteiger partial charge in [-0.1, -0.05) is 43.6 Å². The minimum absolute atomic E-state index is 0.0711. The van der Waals surface area contributed by atoms with E-state index in [4.69, 9.17) is 11.6 Å². The molecule has 0 saturated carbocycles. The summed E-state index contributed by atoms with van der Waals surface area (Å²) in [5, 5.41) is 15.8. The molecule has 0 amide bonds. The van der Waals surface area contributed by atoms with Gasteiger partial charge in [-0.25, -0.2) is 8.42 Å². The van der Waals surface area contributed by atoms with Crippen molar-refractivity contribution in [1.82, 2.24) is 4.31 Å². The summed E-state index contributed by atoms with van der Waals surface area (Å²) in [5.41, 5.74) is 2.88. The van der Waals surface area contributed by atoms with Gasteiger partial charge in [-0.3, -0.25) is 15.5 Å². The van der Waals surface area contributed by atoms with E-state index in [0.29, 0.717) is 10.6 Å². The second-order valence-electron chi connectivity index (χ2n) is 5.42. The summed E-state index contributed by atoms with van der Waals surface area (Å²) in [6.07, 6.45) is 1.42. The van der Waals surface area contributed by atoms with E-state index in [9.17, 15) is 18.5 Å². The minimum atomic E-state index is -3.80. The first-order valence-electron chi connectivity index (χ1n) is 8.13. The largest absolute Gasteiger partial charge is 0.295 e. The third-order valence-corrected chi connectivity index (χ3v) is 6.19. The van der Waals surface area contributed by atoms with E-state index in [1.165, 1.54) is 22.7 Å². The van der Waals surface area contributed by atoms with Crippen LogP contribution in [-0.2, 0) is 10.0 Å². The molecule has 10 heteroatoms. The molecule has 0 heterocycles. The second-order valence-corrected chi connectivity index (χ2v) is 7.76. The molecule has 0 aliphatic heterocycles. The Kier molecular flexibility index (Phi) is 6.89. The Hall–Kier alpha value is -2.49. The molecule has 27 heavy (non-hydrogen) atoms. The lowest BCUT2D eigenvalue weighted by molar-refractivity contribution is -0.384. The zero-order valence-corrected chi connectivity index (χ0v) is 16.4. The van der Waals surface area contributed by atoms with Crippen molar-refractivity contribution in [1.29, 1.82) is 0 Å². The van der Waals surface area contributed by atoms with Crippen molar-refractivity contribution in [2.24, 2.45) is 5.10 Å². The van der Waals surface area contributed by atoms with Gasteiger partial charge in [0.25, 0.3) is 5.69 Å². The summed E-state index contributed by atoms with van der Waals surface area (Å²) < 4.78 is 26.3. The number of nitrogens with one attached hydrogen (secondary N) is 1. The van der Waals surface area contributed by atoms with Crippen molar-refractivity contribution in [2.45, 2.75) is 18.7 Å². The first-order chi connectivity index (χ1) is 12.8. The summed E-state index contributed by atoms with van der Waals surface area (Å²) in [6.45, 7) is 3.95. The molecule has 0 unspecified atom stereocenters. The van der Waals surface area contributed by atoms with Gasteiger partial charge in [-0.2, -0.15) is 9.41 Å². The molecule has 2 aromatic carbocycles. The highest BCUT2D eigenvalue weighted by Gasteiger charge is 2.25. The monoisotopic (exact) mass is 410 g/mol. The van der Waals surface area contributed by atoms with Gasteiger partial charge in [0.2, 0.25) is 10.0 Å². The van der Waals surface area contributed by atoms with Crippen LogP contribution in [0.25, 0.3) is 0 Å². The Bertz CT molecular complexity index is 959. The first kappa shape index (κ1) is 20.8. The second kappa shape index (κ2) is 8.94. The van der Waals surface area contributed by atoms with Crippen LogP contribution in [0.1, 0.15) is 19.4 Å². The normalized spacial score (nSPS) is 11.9. The molecule has 1 N–H and O–H groups in total. The van der Waals surface area contributed by atoms with Crippen LogP contribution in [-0.4, -0.2) is 37.0 Å². The Balaban J connectivity index is 2.34. The van der Waals surface area contributed by atoms with Gasteiger partial charge in [0.1, 0.15) is 5.69 Å². The van der Waals surface area contributed by atoms with Crippen LogP contribution in [0.5, 0.6) is 0 Å². The molecule has 8 nitrogen and oxygen atoms in total. The maximum atomic E-state index is 12.6.